The van der Waals surface area contributed by atoms with Crippen LogP contribution in [0.5, 0.6) is 0 Å². The van der Waals surface area contributed by atoms with E-state index in [1.54, 1.807) is 0 Å². The van der Waals surface area contributed by atoms with Gasteiger partial charge < -0.3 is 10.5 Å². The van der Waals surface area contributed by atoms with Crippen molar-refractivity contribution in [3.05, 3.63) is 0 Å². The first-order chi connectivity index (χ1) is 8.17. The van der Waals surface area contributed by atoms with E-state index in [0.717, 1.165) is 26.1 Å². The van der Waals surface area contributed by atoms with Crippen molar-refractivity contribution in [1.82, 2.24) is 10.4 Å². The molecule has 3 atom stereocenters. The van der Waals surface area contributed by atoms with Crippen LogP contribution in [0.4, 0.5) is 0 Å². The van der Waals surface area contributed by atoms with E-state index in [1.165, 1.54) is 19.3 Å². The zero-order chi connectivity index (χ0) is 12.3. The highest BCUT2D eigenvalue weighted by Gasteiger charge is 2.36. The summed E-state index contributed by atoms with van der Waals surface area (Å²) in [6, 6.07) is 1.20. The van der Waals surface area contributed by atoms with Crippen molar-refractivity contribution in [1.29, 1.82) is 0 Å². The molecule has 0 aromatic heterocycles. The molecule has 0 radical (unpaired) electrons. The van der Waals surface area contributed by atoms with E-state index in [0.29, 0.717) is 18.6 Å². The third-order valence-corrected chi connectivity index (χ3v) is 4.27. The van der Waals surface area contributed by atoms with Gasteiger partial charge in [0.15, 0.2) is 0 Å². The monoisotopic (exact) mass is 241 g/mol. The number of nitrogens with two attached hydrogens (primary N) is 1. The van der Waals surface area contributed by atoms with Gasteiger partial charge in [-0.3, -0.25) is 0 Å². The number of rotatable bonds is 3. The van der Waals surface area contributed by atoms with Crippen LogP contribution in [0.15, 0.2) is 0 Å². The van der Waals surface area contributed by atoms with Crippen LogP contribution in [0.2, 0.25) is 0 Å². The van der Waals surface area contributed by atoms with Crippen LogP contribution in [-0.4, -0.2) is 42.4 Å². The average Bonchev–Trinajstić information content (AvgIpc) is 2.35. The summed E-state index contributed by atoms with van der Waals surface area (Å²) in [6.45, 7) is 6.89. The molecule has 2 saturated heterocycles. The van der Waals surface area contributed by atoms with Gasteiger partial charge in [0.05, 0.1) is 12.1 Å². The van der Waals surface area contributed by atoms with Gasteiger partial charge in [-0.25, -0.2) is 10.4 Å². The Morgan fingerprint density at radius 1 is 1.29 bits per heavy atom. The smallest absolute Gasteiger partial charge is 0.0681 e. The second-order valence-corrected chi connectivity index (χ2v) is 5.79. The van der Waals surface area contributed by atoms with Crippen molar-refractivity contribution in [2.75, 3.05) is 19.8 Å². The number of hydrogen-bond donors (Lipinski definition) is 2. The van der Waals surface area contributed by atoms with E-state index in [9.17, 15) is 0 Å². The van der Waals surface area contributed by atoms with Crippen LogP contribution in [0.25, 0.3) is 0 Å². The first kappa shape index (κ1) is 13.3. The zero-order valence-electron chi connectivity index (χ0n) is 11.2. The second-order valence-electron chi connectivity index (χ2n) is 5.79. The first-order valence-corrected chi connectivity index (χ1v) is 7.01. The number of ether oxygens (including phenoxy) is 1. The van der Waals surface area contributed by atoms with Crippen LogP contribution in [0.3, 0.4) is 0 Å². The molecule has 3 N–H and O–H groups in total. The number of nitrogens with zero attached hydrogens (tertiary/aromatic N) is 1. The first-order valence-electron chi connectivity index (χ1n) is 7.01. The molecule has 0 spiro atoms. The van der Waals surface area contributed by atoms with E-state index in [2.05, 4.69) is 24.3 Å². The van der Waals surface area contributed by atoms with Gasteiger partial charge in [0.2, 0.25) is 0 Å². The Labute approximate surface area is 105 Å². The summed E-state index contributed by atoms with van der Waals surface area (Å²) >= 11 is 0. The largest absolute Gasteiger partial charge is 0.379 e. The molecular formula is C13H27N3O. The highest BCUT2D eigenvalue weighted by Crippen LogP contribution is 2.25. The molecule has 2 rings (SSSR count). The van der Waals surface area contributed by atoms with E-state index < -0.39 is 0 Å². The molecule has 2 aliphatic rings. The summed E-state index contributed by atoms with van der Waals surface area (Å²) in [5.41, 5.74) is 9.65. The molecule has 3 unspecified atom stereocenters. The van der Waals surface area contributed by atoms with Gasteiger partial charge in [-0.1, -0.05) is 6.42 Å². The minimum atomic E-state index is -0.0297. The normalized spacial score (nSPS) is 40.4. The summed E-state index contributed by atoms with van der Waals surface area (Å²) in [5, 5.41) is 2.42. The Hall–Kier alpha value is -0.160. The van der Waals surface area contributed by atoms with Crippen LogP contribution < -0.4 is 11.2 Å². The Kier molecular flexibility index (Phi) is 4.42. The fourth-order valence-corrected chi connectivity index (χ4v) is 3.06. The Bertz CT molecular complexity index is 231. The van der Waals surface area contributed by atoms with Crippen LogP contribution in [0, 0.1) is 0 Å². The molecule has 0 aromatic carbocycles. The lowest BCUT2D eigenvalue weighted by Crippen LogP contribution is -2.66. The van der Waals surface area contributed by atoms with Crippen LogP contribution >= 0.6 is 0 Å². The molecule has 0 amide bonds. The van der Waals surface area contributed by atoms with Crippen molar-refractivity contribution in [3.63, 3.8) is 0 Å². The lowest BCUT2D eigenvalue weighted by molar-refractivity contribution is -0.0549. The Morgan fingerprint density at radius 2 is 2.00 bits per heavy atom. The average molecular weight is 241 g/mol. The number of hydrogen-bond acceptors (Lipinski definition) is 4. The third kappa shape index (κ3) is 2.99. The van der Waals surface area contributed by atoms with E-state index in [1.807, 2.05) is 0 Å². The molecular weight excluding hydrogens is 214 g/mol. The van der Waals surface area contributed by atoms with Gasteiger partial charge in [0, 0.05) is 25.2 Å². The summed E-state index contributed by atoms with van der Waals surface area (Å²) in [6.07, 6.45) is 6.13. The van der Waals surface area contributed by atoms with Crippen molar-refractivity contribution < 1.29 is 4.74 Å². The van der Waals surface area contributed by atoms with Gasteiger partial charge in [-0.15, -0.1) is 0 Å². The molecule has 0 aliphatic carbocycles. The molecule has 0 bridgehead atoms. The number of nitrogens with one attached hydrogen (secondary N) is 1. The maximum atomic E-state index is 5.98. The Morgan fingerprint density at radius 3 is 2.53 bits per heavy atom. The Balaban J connectivity index is 2.00. The summed E-state index contributed by atoms with van der Waals surface area (Å²) in [5.74, 6) is 0. The molecule has 0 saturated carbocycles. The maximum absolute atomic E-state index is 5.98. The van der Waals surface area contributed by atoms with Crippen molar-refractivity contribution in [2.24, 2.45) is 5.73 Å². The minimum absolute atomic E-state index is 0.0297. The minimum Gasteiger partial charge on any atom is -0.379 e. The standard InChI is InChI=1S/C13H27N3O/c1-11-5-3-6-12(2)16(11)15-13(9-14)7-4-8-17-10-13/h11-12,15H,3-10,14H2,1-2H3. The highest BCUT2D eigenvalue weighted by atomic mass is 16.5. The summed E-state index contributed by atoms with van der Waals surface area (Å²) < 4.78 is 5.62. The van der Waals surface area contributed by atoms with Crippen LogP contribution in [0.1, 0.15) is 46.0 Å². The van der Waals surface area contributed by atoms with E-state index in [4.69, 9.17) is 10.5 Å². The SMILES string of the molecule is CC1CCCC(C)N1NC1(CN)CCCOC1. The molecule has 17 heavy (non-hydrogen) atoms. The fourth-order valence-electron chi connectivity index (χ4n) is 3.06. The predicted octanol–water partition coefficient (Wildman–Crippen LogP) is 1.26. The predicted molar refractivity (Wildman–Crippen MR) is 69.6 cm³/mol. The molecule has 2 heterocycles. The topological polar surface area (TPSA) is 50.5 Å². The van der Waals surface area contributed by atoms with Crippen molar-refractivity contribution >= 4 is 0 Å². The van der Waals surface area contributed by atoms with Crippen molar-refractivity contribution in [3.8, 4) is 0 Å². The molecule has 2 fully saturated rings. The van der Waals surface area contributed by atoms with Gasteiger partial charge in [0.1, 0.15) is 0 Å². The molecule has 4 nitrogen and oxygen atoms in total. The summed E-state index contributed by atoms with van der Waals surface area (Å²) in [7, 11) is 0. The highest BCUT2D eigenvalue weighted by molar-refractivity contribution is 4.92. The second kappa shape index (κ2) is 5.65. The maximum Gasteiger partial charge on any atom is 0.0681 e. The molecule has 0 aromatic rings. The van der Waals surface area contributed by atoms with Gasteiger partial charge in [-0.05, 0) is 39.5 Å². The quantitative estimate of drug-likeness (QED) is 0.781. The lowest BCUT2D eigenvalue weighted by atomic mass is 9.92. The zero-order valence-corrected chi connectivity index (χ0v) is 11.2. The third-order valence-electron chi connectivity index (χ3n) is 4.27. The van der Waals surface area contributed by atoms with E-state index in [-0.39, 0.29) is 5.54 Å². The number of hydrazine groups is 1. The molecule has 4 heteroatoms. The van der Waals surface area contributed by atoms with Crippen LogP contribution in [-0.2, 0) is 4.74 Å². The fraction of sp³-hybridized carbons (Fsp3) is 1.00. The van der Waals surface area contributed by atoms with Gasteiger partial charge in [0.25, 0.3) is 0 Å². The van der Waals surface area contributed by atoms with Gasteiger partial charge >= 0.3 is 0 Å². The lowest BCUT2D eigenvalue weighted by Gasteiger charge is -2.47. The molecule has 100 valence electrons. The van der Waals surface area contributed by atoms with Gasteiger partial charge in [-0.2, -0.15) is 0 Å². The number of piperidine rings is 1. The van der Waals surface area contributed by atoms with Crippen molar-refractivity contribution in [2.45, 2.75) is 63.6 Å². The summed E-state index contributed by atoms with van der Waals surface area (Å²) in [4.78, 5) is 0. The van der Waals surface area contributed by atoms with E-state index >= 15 is 0 Å². The molecule has 2 aliphatic heterocycles.